The Bertz CT molecular complexity index is 885. The third-order valence-corrected chi connectivity index (χ3v) is 7.58. The van der Waals surface area contributed by atoms with Gasteiger partial charge in [0, 0.05) is 25.9 Å². The Kier molecular flexibility index (Phi) is 13.6. The monoisotopic (exact) mass is 583 g/mol. The number of amides is 1. The first-order valence-electron chi connectivity index (χ1n) is 15.3. The fourth-order valence-electron chi connectivity index (χ4n) is 5.15. The van der Waals surface area contributed by atoms with Crippen LogP contribution in [0.4, 0.5) is 4.79 Å². The maximum atomic E-state index is 13.6. The molecule has 9 nitrogen and oxygen atoms in total. The van der Waals surface area contributed by atoms with Crippen molar-refractivity contribution >= 4 is 24.0 Å². The summed E-state index contributed by atoms with van der Waals surface area (Å²) in [6.45, 7) is 21.9. The number of nitrogens with zero attached hydrogens (tertiary/aromatic N) is 1. The molecule has 1 saturated heterocycles. The molecule has 0 bridgehead atoms. The minimum atomic E-state index is -1.13. The quantitative estimate of drug-likeness (QED) is 0.126. The highest BCUT2D eigenvalue weighted by molar-refractivity contribution is 5.82. The van der Waals surface area contributed by atoms with E-state index in [-0.39, 0.29) is 43.5 Å². The van der Waals surface area contributed by atoms with Gasteiger partial charge in [0.2, 0.25) is 0 Å². The molecule has 1 aliphatic heterocycles. The second kappa shape index (κ2) is 15.2. The largest absolute Gasteiger partial charge is 0.465 e. The molecule has 0 aromatic carbocycles. The number of carbonyl (C=O) groups is 4. The minimum absolute atomic E-state index is 0.143. The van der Waals surface area contributed by atoms with Gasteiger partial charge in [0.25, 0.3) is 0 Å². The Morgan fingerprint density at radius 2 is 1.37 bits per heavy atom. The average molecular weight is 584 g/mol. The molecule has 1 fully saturated rings. The van der Waals surface area contributed by atoms with Crippen molar-refractivity contribution in [1.29, 1.82) is 0 Å². The van der Waals surface area contributed by atoms with Gasteiger partial charge in [-0.3, -0.25) is 14.4 Å². The number of esters is 3. The normalized spacial score (nSPS) is 17.8. The number of piperidine rings is 1. The molecule has 0 N–H and O–H groups in total. The van der Waals surface area contributed by atoms with Gasteiger partial charge in [0.05, 0.1) is 29.5 Å². The topological polar surface area (TPSA) is 108 Å². The Balaban J connectivity index is 3.03. The van der Waals surface area contributed by atoms with Crippen molar-refractivity contribution in [2.75, 3.05) is 26.3 Å². The molecule has 1 rings (SSSR count). The van der Waals surface area contributed by atoms with Crippen molar-refractivity contribution in [1.82, 2.24) is 4.90 Å². The van der Waals surface area contributed by atoms with Crippen molar-refractivity contribution in [3.05, 3.63) is 0 Å². The number of hydrogen-bond donors (Lipinski definition) is 0. The molecule has 1 amide bonds. The van der Waals surface area contributed by atoms with Crippen LogP contribution in [0.3, 0.4) is 0 Å². The number of carbonyl (C=O) groups excluding carboxylic acids is 4. The summed E-state index contributed by atoms with van der Waals surface area (Å²) >= 11 is 0. The van der Waals surface area contributed by atoms with Gasteiger partial charge in [-0.2, -0.15) is 0 Å². The highest BCUT2D eigenvalue weighted by atomic mass is 16.6. The number of unbranched alkanes of at least 4 members (excludes halogenated alkanes) is 1. The molecular weight excluding hydrogens is 526 g/mol. The molecule has 1 heterocycles. The SMILES string of the molecule is CCCCOC(=O)C(C)(CC)CC(C)(CC(C)(C)C(=O)OC1CCN(C(=O)OC(C)(C)C)CC1)C(=O)OCC(C)C. The van der Waals surface area contributed by atoms with E-state index in [1.165, 1.54) is 0 Å². The zero-order chi connectivity index (χ0) is 31.6. The predicted octanol–water partition coefficient (Wildman–Crippen LogP) is 6.70. The van der Waals surface area contributed by atoms with Crippen LogP contribution in [-0.4, -0.2) is 66.9 Å². The number of ether oxygens (including phenoxy) is 4. The molecule has 2 atom stereocenters. The van der Waals surface area contributed by atoms with Crippen LogP contribution in [0.1, 0.15) is 121 Å². The molecule has 0 saturated carbocycles. The lowest BCUT2D eigenvalue weighted by Gasteiger charge is -2.40. The molecule has 9 heteroatoms. The zero-order valence-electron chi connectivity index (χ0n) is 27.6. The molecule has 0 aliphatic carbocycles. The van der Waals surface area contributed by atoms with Gasteiger partial charge >= 0.3 is 24.0 Å². The average Bonchev–Trinajstić information content (AvgIpc) is 2.86. The van der Waals surface area contributed by atoms with Crippen LogP contribution < -0.4 is 0 Å². The highest BCUT2D eigenvalue weighted by Gasteiger charge is 2.50. The number of hydrogen-bond acceptors (Lipinski definition) is 8. The Hall–Kier alpha value is -2.32. The van der Waals surface area contributed by atoms with Gasteiger partial charge in [-0.25, -0.2) is 4.79 Å². The fourth-order valence-corrected chi connectivity index (χ4v) is 5.15. The summed E-state index contributed by atoms with van der Waals surface area (Å²) < 4.78 is 22.6. The maximum Gasteiger partial charge on any atom is 0.410 e. The maximum absolute atomic E-state index is 13.6. The smallest absolute Gasteiger partial charge is 0.410 e. The first-order valence-corrected chi connectivity index (χ1v) is 15.3. The lowest BCUT2D eigenvalue weighted by Crippen LogP contribution is -2.46. The minimum Gasteiger partial charge on any atom is -0.465 e. The van der Waals surface area contributed by atoms with Crippen LogP contribution in [-0.2, 0) is 33.3 Å². The molecule has 1 aliphatic rings. The summed E-state index contributed by atoms with van der Waals surface area (Å²) in [7, 11) is 0. The summed E-state index contributed by atoms with van der Waals surface area (Å²) in [6, 6.07) is 0. The first-order chi connectivity index (χ1) is 18.8. The van der Waals surface area contributed by atoms with E-state index < -0.39 is 33.8 Å². The van der Waals surface area contributed by atoms with E-state index in [2.05, 4.69) is 0 Å². The van der Waals surface area contributed by atoms with E-state index in [9.17, 15) is 19.2 Å². The van der Waals surface area contributed by atoms with E-state index in [1.54, 1.807) is 25.7 Å². The third kappa shape index (κ3) is 11.8. The third-order valence-electron chi connectivity index (χ3n) is 7.58. The van der Waals surface area contributed by atoms with Crippen LogP contribution >= 0.6 is 0 Å². The Labute approximate surface area is 248 Å². The van der Waals surface area contributed by atoms with Crippen molar-refractivity contribution in [3.8, 4) is 0 Å². The summed E-state index contributed by atoms with van der Waals surface area (Å²) in [5.41, 5.74) is -3.66. The van der Waals surface area contributed by atoms with Crippen LogP contribution in [0.2, 0.25) is 0 Å². The van der Waals surface area contributed by atoms with Gasteiger partial charge in [-0.1, -0.05) is 34.1 Å². The van der Waals surface area contributed by atoms with E-state index in [4.69, 9.17) is 18.9 Å². The van der Waals surface area contributed by atoms with Crippen molar-refractivity contribution < 1.29 is 38.1 Å². The predicted molar refractivity (Wildman–Crippen MR) is 158 cm³/mol. The molecule has 0 aromatic rings. The van der Waals surface area contributed by atoms with Gasteiger partial charge in [-0.15, -0.1) is 0 Å². The first kappa shape index (κ1) is 36.7. The number of likely N-dealkylation sites (tertiary alicyclic amines) is 1. The molecule has 41 heavy (non-hydrogen) atoms. The van der Waals surface area contributed by atoms with Crippen LogP contribution in [0.5, 0.6) is 0 Å². The van der Waals surface area contributed by atoms with Crippen molar-refractivity contribution in [2.24, 2.45) is 22.2 Å². The standard InChI is InChI=1S/C32H57NO8/c1-12-14-19-38-26(35)31(10,13-2)22-32(11,27(36)39-20-23(3)4)21-30(8,9)25(34)40-24-15-17-33(18-16-24)28(37)41-29(5,6)7/h23-24H,12-22H2,1-11H3. The second-order valence-corrected chi connectivity index (χ2v) is 14.3. The lowest BCUT2D eigenvalue weighted by molar-refractivity contribution is -0.171. The van der Waals surface area contributed by atoms with Crippen LogP contribution in [0.15, 0.2) is 0 Å². The van der Waals surface area contributed by atoms with E-state index in [0.29, 0.717) is 39.0 Å². The second-order valence-electron chi connectivity index (χ2n) is 14.3. The molecule has 0 radical (unpaired) electrons. The van der Waals surface area contributed by atoms with E-state index in [1.807, 2.05) is 55.4 Å². The van der Waals surface area contributed by atoms with Crippen molar-refractivity contribution in [2.45, 2.75) is 133 Å². The van der Waals surface area contributed by atoms with Gasteiger partial charge in [0.1, 0.15) is 11.7 Å². The molecule has 0 aromatic heterocycles. The summed E-state index contributed by atoms with van der Waals surface area (Å²) in [5, 5.41) is 0. The summed E-state index contributed by atoms with van der Waals surface area (Å²) in [5.74, 6) is -1.05. The number of rotatable bonds is 14. The molecule has 238 valence electrons. The van der Waals surface area contributed by atoms with Gasteiger partial charge in [0.15, 0.2) is 0 Å². The lowest BCUT2D eigenvalue weighted by atomic mass is 9.65. The molecular formula is C32H57NO8. The summed E-state index contributed by atoms with van der Waals surface area (Å²) in [6.07, 6.45) is 2.79. The molecule has 0 spiro atoms. The molecule has 2 unspecified atom stereocenters. The van der Waals surface area contributed by atoms with Gasteiger partial charge in [-0.05, 0) is 80.1 Å². The van der Waals surface area contributed by atoms with E-state index in [0.717, 1.165) is 12.8 Å². The fraction of sp³-hybridized carbons (Fsp3) is 0.875. The highest BCUT2D eigenvalue weighted by Crippen LogP contribution is 2.46. The van der Waals surface area contributed by atoms with Gasteiger partial charge < -0.3 is 23.8 Å². The van der Waals surface area contributed by atoms with Crippen LogP contribution in [0, 0.1) is 22.2 Å². The van der Waals surface area contributed by atoms with Crippen LogP contribution in [0.25, 0.3) is 0 Å². The Morgan fingerprint density at radius 3 is 1.85 bits per heavy atom. The van der Waals surface area contributed by atoms with Crippen molar-refractivity contribution in [3.63, 3.8) is 0 Å². The summed E-state index contributed by atoms with van der Waals surface area (Å²) in [4.78, 5) is 54.2. The van der Waals surface area contributed by atoms with E-state index >= 15 is 0 Å². The Morgan fingerprint density at radius 1 is 0.805 bits per heavy atom. The zero-order valence-corrected chi connectivity index (χ0v) is 27.6.